The summed E-state index contributed by atoms with van der Waals surface area (Å²) in [6, 6.07) is 12.4. The molecule has 0 aliphatic heterocycles. The fourth-order valence-corrected chi connectivity index (χ4v) is 2.93. The van der Waals surface area contributed by atoms with Crippen molar-refractivity contribution in [1.29, 1.82) is 0 Å². The maximum atomic E-state index is 12.6. The summed E-state index contributed by atoms with van der Waals surface area (Å²) in [7, 11) is 1.26. The Bertz CT molecular complexity index is 1160. The van der Waals surface area contributed by atoms with Crippen LogP contribution in [0.4, 0.5) is 5.82 Å². The molecule has 3 aromatic rings. The molecule has 0 saturated carbocycles. The summed E-state index contributed by atoms with van der Waals surface area (Å²) in [4.78, 5) is 49.4. The third kappa shape index (κ3) is 4.57. The van der Waals surface area contributed by atoms with Crippen LogP contribution in [0.15, 0.2) is 62.7 Å². The van der Waals surface area contributed by atoms with Gasteiger partial charge in [0, 0.05) is 13.5 Å². The van der Waals surface area contributed by atoms with Crippen molar-refractivity contribution in [3.05, 3.63) is 86.5 Å². The van der Waals surface area contributed by atoms with Crippen LogP contribution in [0.3, 0.4) is 0 Å². The van der Waals surface area contributed by atoms with Crippen molar-refractivity contribution in [1.82, 2.24) is 9.13 Å². The molecule has 0 aliphatic rings. The van der Waals surface area contributed by atoms with E-state index in [0.29, 0.717) is 12.2 Å². The van der Waals surface area contributed by atoms with Crippen LogP contribution in [0.25, 0.3) is 0 Å². The van der Waals surface area contributed by atoms with Gasteiger partial charge in [-0.15, -0.1) is 0 Å². The zero-order valence-electron chi connectivity index (χ0n) is 16.4. The lowest BCUT2D eigenvalue weighted by Crippen LogP contribution is -2.43. The van der Waals surface area contributed by atoms with Gasteiger partial charge in [-0.3, -0.25) is 23.5 Å². The van der Waals surface area contributed by atoms with Crippen LogP contribution in [0.1, 0.15) is 28.1 Å². The summed E-state index contributed by atoms with van der Waals surface area (Å²) in [6.07, 6.45) is 1.83. The molecule has 30 heavy (non-hydrogen) atoms. The first-order valence-electron chi connectivity index (χ1n) is 9.23. The van der Waals surface area contributed by atoms with Crippen molar-refractivity contribution in [3.63, 3.8) is 0 Å². The Morgan fingerprint density at radius 3 is 2.50 bits per heavy atom. The van der Waals surface area contributed by atoms with Crippen LogP contribution < -0.4 is 17.0 Å². The minimum Gasteiger partial charge on any atom is -0.469 e. The molecule has 0 spiro atoms. The second kappa shape index (κ2) is 9.08. The highest BCUT2D eigenvalue weighted by Crippen LogP contribution is 2.10. The summed E-state index contributed by atoms with van der Waals surface area (Å²) < 4.78 is 12.1. The number of nitrogens with two attached hydrogens (primary N) is 1. The zero-order valence-corrected chi connectivity index (χ0v) is 16.4. The molecular formula is C21H21N3O6. The van der Waals surface area contributed by atoms with E-state index in [2.05, 4.69) is 0 Å². The van der Waals surface area contributed by atoms with E-state index in [1.807, 2.05) is 6.07 Å². The maximum Gasteiger partial charge on any atom is 0.332 e. The summed E-state index contributed by atoms with van der Waals surface area (Å²) in [5.74, 6) is -1.04. The zero-order chi connectivity index (χ0) is 21.7. The van der Waals surface area contributed by atoms with Gasteiger partial charge >= 0.3 is 11.7 Å². The molecule has 1 aromatic carbocycles. The van der Waals surface area contributed by atoms with Gasteiger partial charge in [0.25, 0.3) is 5.56 Å². The van der Waals surface area contributed by atoms with Crippen molar-refractivity contribution in [2.75, 3.05) is 12.3 Å². The number of Topliss-reactive ketones (excluding diaryl/α,β-unsaturated/α-hetero) is 1. The molecule has 0 aliphatic carbocycles. The largest absolute Gasteiger partial charge is 0.469 e. The first kappa shape index (κ1) is 20.8. The topological polar surface area (TPSA) is 127 Å². The van der Waals surface area contributed by atoms with E-state index in [-0.39, 0.29) is 24.3 Å². The number of anilines is 1. The number of furan rings is 1. The Morgan fingerprint density at radius 2 is 1.83 bits per heavy atom. The number of nitrogen functional groups attached to an aromatic ring is 1. The average Bonchev–Trinajstić information content (AvgIpc) is 3.27. The second-order valence-corrected chi connectivity index (χ2v) is 6.64. The molecule has 9 heteroatoms. The molecule has 0 radical (unpaired) electrons. The number of nitrogens with zero attached hydrogens (tertiary/aromatic N) is 2. The Kier molecular flexibility index (Phi) is 6.31. The van der Waals surface area contributed by atoms with Gasteiger partial charge in [-0.05, 0) is 17.7 Å². The van der Waals surface area contributed by atoms with Crippen molar-refractivity contribution < 1.29 is 18.7 Å². The fraction of sp³-hybridized carbons (Fsp3) is 0.238. The minimum absolute atomic E-state index is 0.0157. The normalized spacial score (nSPS) is 10.7. The van der Waals surface area contributed by atoms with Gasteiger partial charge in [0.1, 0.15) is 17.1 Å². The number of rotatable bonds is 8. The SMILES string of the molecule is Cn1c(=O)c(C(=O)COC(=O)CCc2ccco2)c(N)n(Cc2ccccc2)c1=O. The van der Waals surface area contributed by atoms with E-state index < -0.39 is 29.6 Å². The molecule has 3 rings (SSSR count). The highest BCUT2D eigenvalue weighted by molar-refractivity contribution is 6.01. The van der Waals surface area contributed by atoms with Crippen molar-refractivity contribution >= 4 is 17.6 Å². The van der Waals surface area contributed by atoms with Gasteiger partial charge in [0.15, 0.2) is 6.61 Å². The number of carbonyl (C=O) groups is 2. The molecule has 2 aromatic heterocycles. The number of carbonyl (C=O) groups excluding carboxylic acids is 2. The molecule has 0 atom stereocenters. The third-order valence-corrected chi connectivity index (χ3v) is 4.57. The van der Waals surface area contributed by atoms with Gasteiger partial charge in [-0.25, -0.2) is 4.79 Å². The summed E-state index contributed by atoms with van der Waals surface area (Å²) in [6.45, 7) is -0.567. The van der Waals surface area contributed by atoms with Crippen LogP contribution in [0.5, 0.6) is 0 Å². The van der Waals surface area contributed by atoms with Gasteiger partial charge in [0.2, 0.25) is 5.78 Å². The van der Waals surface area contributed by atoms with Crippen molar-refractivity contribution in [2.24, 2.45) is 7.05 Å². The van der Waals surface area contributed by atoms with Gasteiger partial charge in [0.05, 0.1) is 19.2 Å². The Hall–Kier alpha value is -3.88. The molecular weight excluding hydrogens is 390 g/mol. The number of ether oxygens (including phenoxy) is 1. The monoisotopic (exact) mass is 411 g/mol. The fourth-order valence-electron chi connectivity index (χ4n) is 2.93. The number of hydrogen-bond donors (Lipinski definition) is 1. The molecule has 2 heterocycles. The Balaban J connectivity index is 1.77. The standard InChI is InChI=1S/C21H21N3O6/c1-23-20(27)18(16(25)13-30-17(26)10-9-15-8-5-11-29-15)19(22)24(21(23)28)12-14-6-3-2-4-7-14/h2-8,11H,9-10,12-13,22H2,1H3. The van der Waals surface area contributed by atoms with Crippen LogP contribution in [0.2, 0.25) is 0 Å². The number of aryl methyl sites for hydroxylation is 1. The van der Waals surface area contributed by atoms with Gasteiger partial charge in [-0.1, -0.05) is 30.3 Å². The number of aromatic nitrogens is 2. The Labute approximate surface area is 171 Å². The molecule has 0 fully saturated rings. The highest BCUT2D eigenvalue weighted by atomic mass is 16.5. The lowest BCUT2D eigenvalue weighted by molar-refractivity contribution is -0.142. The number of benzene rings is 1. The maximum absolute atomic E-state index is 12.6. The van der Waals surface area contributed by atoms with Gasteiger partial charge < -0.3 is 14.9 Å². The quantitative estimate of drug-likeness (QED) is 0.435. The third-order valence-electron chi connectivity index (χ3n) is 4.57. The number of ketones is 1. The summed E-state index contributed by atoms with van der Waals surface area (Å²) in [5.41, 5.74) is 4.92. The molecule has 9 nitrogen and oxygen atoms in total. The van der Waals surface area contributed by atoms with Crippen LogP contribution in [-0.4, -0.2) is 27.5 Å². The predicted molar refractivity (Wildman–Crippen MR) is 108 cm³/mol. The van der Waals surface area contributed by atoms with Crippen LogP contribution in [0, 0.1) is 0 Å². The average molecular weight is 411 g/mol. The number of hydrogen-bond acceptors (Lipinski definition) is 7. The molecule has 0 amide bonds. The summed E-state index contributed by atoms with van der Waals surface area (Å²) >= 11 is 0. The van der Waals surface area contributed by atoms with E-state index in [4.69, 9.17) is 14.9 Å². The van der Waals surface area contributed by atoms with E-state index in [1.165, 1.54) is 13.3 Å². The predicted octanol–water partition coefficient (Wildman–Crippen LogP) is 1.13. The lowest BCUT2D eigenvalue weighted by atomic mass is 10.2. The molecule has 0 saturated heterocycles. The Morgan fingerprint density at radius 1 is 1.10 bits per heavy atom. The van der Waals surface area contributed by atoms with Crippen LogP contribution in [-0.2, 0) is 29.5 Å². The highest BCUT2D eigenvalue weighted by Gasteiger charge is 2.22. The first-order valence-corrected chi connectivity index (χ1v) is 9.23. The van der Waals surface area contributed by atoms with Gasteiger partial charge in [-0.2, -0.15) is 0 Å². The van der Waals surface area contributed by atoms with E-state index in [1.54, 1.807) is 36.4 Å². The van der Waals surface area contributed by atoms with Crippen molar-refractivity contribution in [3.8, 4) is 0 Å². The molecule has 0 bridgehead atoms. The molecule has 0 unspecified atom stereocenters. The molecule has 2 N–H and O–H groups in total. The first-order chi connectivity index (χ1) is 14.4. The minimum atomic E-state index is -0.835. The van der Waals surface area contributed by atoms with Crippen molar-refractivity contribution in [2.45, 2.75) is 19.4 Å². The molecule has 156 valence electrons. The van der Waals surface area contributed by atoms with E-state index >= 15 is 0 Å². The smallest absolute Gasteiger partial charge is 0.332 e. The van der Waals surface area contributed by atoms with E-state index in [0.717, 1.165) is 14.7 Å². The summed E-state index contributed by atoms with van der Waals surface area (Å²) in [5, 5.41) is 0. The van der Waals surface area contributed by atoms with E-state index in [9.17, 15) is 19.2 Å². The lowest BCUT2D eigenvalue weighted by Gasteiger charge is -2.14. The second-order valence-electron chi connectivity index (χ2n) is 6.64. The number of esters is 1. The van der Waals surface area contributed by atoms with Crippen LogP contribution >= 0.6 is 0 Å².